The number of pyridine rings is 1. The number of carbonyl (C=O) groups is 1. The molecule has 4 heterocycles. The Hall–Kier alpha value is -2.45. The third-order valence-electron chi connectivity index (χ3n) is 7.22. The molecule has 1 aromatic carbocycles. The van der Waals surface area contributed by atoms with Crippen molar-refractivity contribution >= 4 is 21.6 Å². The predicted molar refractivity (Wildman–Crippen MR) is 116 cm³/mol. The van der Waals surface area contributed by atoms with Crippen LogP contribution in [0, 0.1) is 11.8 Å². The van der Waals surface area contributed by atoms with Crippen molar-refractivity contribution in [1.82, 2.24) is 8.87 Å². The van der Waals surface area contributed by atoms with Crippen LogP contribution in [-0.4, -0.2) is 42.8 Å². The van der Waals surface area contributed by atoms with Gasteiger partial charge in [-0.15, -0.1) is 0 Å². The fraction of sp³-hybridized carbons (Fsp3) is 0.478. The van der Waals surface area contributed by atoms with Gasteiger partial charge in [-0.05, 0) is 61.4 Å². The van der Waals surface area contributed by atoms with Crippen molar-refractivity contribution in [2.75, 3.05) is 24.5 Å². The molecule has 3 aliphatic heterocycles. The van der Waals surface area contributed by atoms with Gasteiger partial charge in [-0.2, -0.15) is 4.31 Å². The van der Waals surface area contributed by atoms with E-state index in [1.54, 1.807) is 34.6 Å². The van der Waals surface area contributed by atoms with Gasteiger partial charge in [0.05, 0.1) is 4.90 Å². The van der Waals surface area contributed by atoms with Gasteiger partial charge in [0, 0.05) is 55.5 Å². The topological polar surface area (TPSA) is 79.7 Å². The summed E-state index contributed by atoms with van der Waals surface area (Å²) in [6.07, 6.45) is 3.53. The number of aromatic nitrogens is 1. The molecule has 2 fully saturated rings. The number of hydrogen-bond donors (Lipinski definition) is 0. The minimum absolute atomic E-state index is 0.00701. The van der Waals surface area contributed by atoms with E-state index in [1.165, 1.54) is 0 Å². The Balaban J connectivity index is 1.29. The number of carbonyl (C=O) groups excluding carboxylic acids is 1. The number of hydrogen-bond acceptors (Lipinski definition) is 4. The molecule has 2 aromatic rings. The van der Waals surface area contributed by atoms with Crippen LogP contribution in [0.5, 0.6) is 0 Å². The summed E-state index contributed by atoms with van der Waals surface area (Å²) in [5.74, 6) is 0.504. The lowest BCUT2D eigenvalue weighted by molar-refractivity contribution is -0.119. The molecule has 31 heavy (non-hydrogen) atoms. The van der Waals surface area contributed by atoms with Crippen LogP contribution in [0.4, 0.5) is 5.69 Å². The number of sulfonamides is 1. The summed E-state index contributed by atoms with van der Waals surface area (Å²) < 4.78 is 30.4. The Morgan fingerprint density at radius 3 is 2.68 bits per heavy atom. The third kappa shape index (κ3) is 3.07. The lowest BCUT2D eigenvalue weighted by atomic mass is 9.84. The molecule has 1 aromatic heterocycles. The molecule has 6 rings (SSSR count). The van der Waals surface area contributed by atoms with E-state index in [-0.39, 0.29) is 29.2 Å². The molecule has 8 heteroatoms. The van der Waals surface area contributed by atoms with Crippen molar-refractivity contribution in [2.24, 2.45) is 11.8 Å². The minimum Gasteiger partial charge on any atom is -0.312 e. The molecule has 2 bridgehead atoms. The van der Waals surface area contributed by atoms with Gasteiger partial charge in [0.25, 0.3) is 5.56 Å². The highest BCUT2D eigenvalue weighted by atomic mass is 32.2. The fourth-order valence-corrected chi connectivity index (χ4v) is 7.13. The highest BCUT2D eigenvalue weighted by molar-refractivity contribution is 7.89. The van der Waals surface area contributed by atoms with Crippen LogP contribution in [0.3, 0.4) is 0 Å². The van der Waals surface area contributed by atoms with Crippen molar-refractivity contribution in [2.45, 2.75) is 43.0 Å². The Bertz CT molecular complexity index is 1250. The second-order valence-corrected chi connectivity index (χ2v) is 11.3. The summed E-state index contributed by atoms with van der Waals surface area (Å²) in [5, 5.41) is 0. The molecule has 1 amide bonds. The Kier molecular flexibility index (Phi) is 4.21. The number of benzene rings is 1. The minimum atomic E-state index is -3.64. The molecule has 2 unspecified atom stereocenters. The Labute approximate surface area is 181 Å². The molecule has 7 nitrogen and oxygen atoms in total. The van der Waals surface area contributed by atoms with Crippen molar-refractivity contribution in [1.29, 1.82) is 0 Å². The van der Waals surface area contributed by atoms with Crippen molar-refractivity contribution < 1.29 is 13.2 Å². The second kappa shape index (κ2) is 6.77. The summed E-state index contributed by atoms with van der Waals surface area (Å²) in [6, 6.07) is 10.5. The van der Waals surface area contributed by atoms with Crippen molar-refractivity contribution in [3.05, 3.63) is 58.0 Å². The zero-order valence-electron chi connectivity index (χ0n) is 17.2. The normalized spacial score (nSPS) is 25.2. The standard InChI is InChI=1S/C23H25N3O4S/c27-22-3-1-2-20-18-10-15(13-26(20)22)12-24(14-18)31(29,30)19-6-7-21-17(11-19)8-9-25(21)23(28)16-4-5-16/h1-3,6-7,11,15-16,18H,4-5,8-10,12-14H2. The molecule has 0 radical (unpaired) electrons. The maximum atomic E-state index is 13.5. The molecule has 1 aliphatic carbocycles. The first kappa shape index (κ1) is 19.3. The van der Waals surface area contributed by atoms with Crippen LogP contribution in [0.15, 0.2) is 46.1 Å². The van der Waals surface area contributed by atoms with E-state index in [0.717, 1.165) is 36.2 Å². The number of rotatable bonds is 3. The van der Waals surface area contributed by atoms with E-state index in [9.17, 15) is 18.0 Å². The molecule has 0 N–H and O–H groups in total. The average molecular weight is 440 g/mol. The molecule has 162 valence electrons. The van der Waals surface area contributed by atoms with Crippen LogP contribution in [-0.2, 0) is 27.8 Å². The molecule has 1 saturated carbocycles. The smallest absolute Gasteiger partial charge is 0.250 e. The van der Waals surface area contributed by atoms with Crippen LogP contribution >= 0.6 is 0 Å². The number of nitrogens with zero attached hydrogens (tertiary/aromatic N) is 3. The molecular formula is C23H25N3O4S. The van der Waals surface area contributed by atoms with Gasteiger partial charge in [-0.25, -0.2) is 8.42 Å². The van der Waals surface area contributed by atoms with E-state index in [2.05, 4.69) is 0 Å². The largest absolute Gasteiger partial charge is 0.312 e. The average Bonchev–Trinajstić information content (AvgIpc) is 3.53. The maximum absolute atomic E-state index is 13.5. The van der Waals surface area contributed by atoms with Crippen LogP contribution in [0.1, 0.15) is 36.4 Å². The van der Waals surface area contributed by atoms with Gasteiger partial charge in [0.1, 0.15) is 0 Å². The fourth-order valence-electron chi connectivity index (χ4n) is 5.52. The molecule has 1 saturated heterocycles. The van der Waals surface area contributed by atoms with Gasteiger partial charge in [-0.1, -0.05) is 6.07 Å². The summed E-state index contributed by atoms with van der Waals surface area (Å²) in [5.41, 5.74) is 2.73. The SMILES string of the molecule is O=C(C1CC1)N1CCc2cc(S(=O)(=O)N3CC4CC(C3)c3cccc(=O)n3C4)ccc21. The first-order valence-corrected chi connectivity index (χ1v) is 12.5. The highest BCUT2D eigenvalue weighted by Crippen LogP contribution is 2.39. The van der Waals surface area contributed by atoms with E-state index >= 15 is 0 Å². The predicted octanol–water partition coefficient (Wildman–Crippen LogP) is 1.96. The lowest BCUT2D eigenvalue weighted by Crippen LogP contribution is -2.49. The first-order valence-electron chi connectivity index (χ1n) is 11.1. The maximum Gasteiger partial charge on any atom is 0.250 e. The monoisotopic (exact) mass is 439 g/mol. The first-order chi connectivity index (χ1) is 14.9. The summed E-state index contributed by atoms with van der Waals surface area (Å²) >= 11 is 0. The van der Waals surface area contributed by atoms with E-state index in [0.29, 0.717) is 37.5 Å². The summed E-state index contributed by atoms with van der Waals surface area (Å²) in [6.45, 7) is 2.03. The molecule has 2 atom stereocenters. The number of amides is 1. The van der Waals surface area contributed by atoms with Gasteiger partial charge in [0.15, 0.2) is 0 Å². The van der Waals surface area contributed by atoms with Gasteiger partial charge >= 0.3 is 0 Å². The number of anilines is 1. The van der Waals surface area contributed by atoms with Gasteiger partial charge < -0.3 is 9.47 Å². The second-order valence-electron chi connectivity index (χ2n) is 9.32. The van der Waals surface area contributed by atoms with Crippen LogP contribution in [0.25, 0.3) is 0 Å². The Morgan fingerprint density at radius 2 is 1.87 bits per heavy atom. The zero-order valence-corrected chi connectivity index (χ0v) is 18.1. The van der Waals surface area contributed by atoms with Crippen molar-refractivity contribution in [3.63, 3.8) is 0 Å². The van der Waals surface area contributed by atoms with E-state index in [1.807, 2.05) is 15.5 Å². The van der Waals surface area contributed by atoms with Gasteiger partial charge in [0.2, 0.25) is 15.9 Å². The lowest BCUT2D eigenvalue weighted by Gasteiger charge is -2.42. The number of fused-ring (bicyclic) bond motifs is 5. The molecule has 4 aliphatic rings. The van der Waals surface area contributed by atoms with E-state index < -0.39 is 10.0 Å². The summed E-state index contributed by atoms with van der Waals surface area (Å²) in [7, 11) is -3.64. The van der Waals surface area contributed by atoms with E-state index in [4.69, 9.17) is 0 Å². The highest BCUT2D eigenvalue weighted by Gasteiger charge is 2.40. The Morgan fingerprint density at radius 1 is 1.03 bits per heavy atom. The molecule has 0 spiro atoms. The number of piperidine rings is 1. The van der Waals surface area contributed by atoms with Gasteiger partial charge in [-0.3, -0.25) is 9.59 Å². The summed E-state index contributed by atoms with van der Waals surface area (Å²) in [4.78, 5) is 26.9. The quantitative estimate of drug-likeness (QED) is 0.732. The third-order valence-corrected chi connectivity index (χ3v) is 9.05. The zero-order chi connectivity index (χ0) is 21.3. The molecular weight excluding hydrogens is 414 g/mol. The van der Waals surface area contributed by atoms with Crippen LogP contribution in [0.2, 0.25) is 0 Å². The van der Waals surface area contributed by atoms with Crippen molar-refractivity contribution in [3.8, 4) is 0 Å². The van der Waals surface area contributed by atoms with Crippen LogP contribution < -0.4 is 10.5 Å².